The third kappa shape index (κ3) is 2.17. The first-order chi connectivity index (χ1) is 12.7. The van der Waals surface area contributed by atoms with Crippen LogP contribution in [0.25, 0.3) is 21.8 Å². The normalized spacial score (nSPS) is 20.3. The van der Waals surface area contributed by atoms with Crippen molar-refractivity contribution in [2.75, 3.05) is 0 Å². The number of pyridine rings is 2. The van der Waals surface area contributed by atoms with Crippen molar-refractivity contribution in [3.8, 4) is 5.88 Å². The molecule has 26 heavy (non-hydrogen) atoms. The molecule has 2 saturated carbocycles. The van der Waals surface area contributed by atoms with Gasteiger partial charge in [-0.1, -0.05) is 25.7 Å². The van der Waals surface area contributed by atoms with Gasteiger partial charge < -0.3 is 20.0 Å². The van der Waals surface area contributed by atoms with Crippen LogP contribution >= 0.6 is 0 Å². The minimum Gasteiger partial charge on any atom is -0.494 e. The average molecular weight is 352 g/mol. The summed E-state index contributed by atoms with van der Waals surface area (Å²) in [6, 6.07) is 2.26. The summed E-state index contributed by atoms with van der Waals surface area (Å²) in [6.07, 6.45) is 13.5. The Morgan fingerprint density at radius 2 is 2.04 bits per heavy atom. The zero-order valence-electron chi connectivity index (χ0n) is 14.8. The van der Waals surface area contributed by atoms with Gasteiger partial charge in [-0.15, -0.1) is 0 Å². The number of aromatic amines is 1. The topological polar surface area (TPSA) is 82.9 Å². The van der Waals surface area contributed by atoms with Gasteiger partial charge in [0.2, 0.25) is 11.8 Å². The maximum Gasteiger partial charge on any atom is 0.246 e. The quantitative estimate of drug-likeness (QED) is 0.674. The minimum absolute atomic E-state index is 0.0615. The number of hydrogen-bond donors (Lipinski definition) is 3. The first kappa shape index (κ1) is 15.7. The fourth-order valence-electron chi connectivity index (χ4n) is 4.94. The highest BCUT2D eigenvalue weighted by Gasteiger charge is 2.45. The molecule has 2 aliphatic rings. The lowest BCUT2D eigenvalue weighted by Gasteiger charge is -2.33. The number of carbonyl (C=O) groups excluding carboxylic acids is 1. The first-order valence-corrected chi connectivity index (χ1v) is 9.67. The summed E-state index contributed by atoms with van der Waals surface area (Å²) in [4.78, 5) is 20.8. The molecule has 5 rings (SSSR count). The zero-order chi connectivity index (χ0) is 17.7. The van der Waals surface area contributed by atoms with E-state index in [1.165, 1.54) is 12.8 Å². The molecular weight excluding hydrogens is 328 g/mol. The van der Waals surface area contributed by atoms with Crippen LogP contribution in [0.4, 0.5) is 0 Å². The second-order valence-corrected chi connectivity index (χ2v) is 7.84. The smallest absolute Gasteiger partial charge is 0.246 e. The molecule has 0 atom stereocenters. The molecule has 2 aliphatic carbocycles. The number of nitrogens with one attached hydrogen (secondary N) is 2. The number of amides is 1. The van der Waals surface area contributed by atoms with Crippen LogP contribution < -0.4 is 5.32 Å². The van der Waals surface area contributed by atoms with Crippen molar-refractivity contribution in [3.05, 3.63) is 24.7 Å². The Bertz CT molecular complexity index is 974. The standard InChI is InChI=1S/C20H24N4O2/c25-18-15-11-22-17-16(15)13(7-10-21-17)12-24(18)20(8-3-4-9-20)19(26)23-14-5-1-2-6-14/h7,10-12,14,21,25H,1-6,8-9H2,(H,23,26). The summed E-state index contributed by atoms with van der Waals surface area (Å²) in [5.41, 5.74) is 0.0591. The molecule has 6 nitrogen and oxygen atoms in total. The van der Waals surface area contributed by atoms with Crippen LogP contribution in [-0.4, -0.2) is 31.6 Å². The molecule has 0 saturated heterocycles. The van der Waals surface area contributed by atoms with Gasteiger partial charge in [0.25, 0.3) is 0 Å². The summed E-state index contributed by atoms with van der Waals surface area (Å²) in [5, 5.41) is 16.9. The van der Waals surface area contributed by atoms with Crippen molar-refractivity contribution < 1.29 is 9.90 Å². The third-order valence-electron chi connectivity index (χ3n) is 6.34. The van der Waals surface area contributed by atoms with Crippen LogP contribution in [0, 0.1) is 0 Å². The van der Waals surface area contributed by atoms with Gasteiger partial charge in [-0.2, -0.15) is 0 Å². The summed E-state index contributed by atoms with van der Waals surface area (Å²) < 4.78 is 1.82. The van der Waals surface area contributed by atoms with Crippen molar-refractivity contribution in [1.82, 2.24) is 19.9 Å². The number of H-pyrrole nitrogens is 1. The maximum absolute atomic E-state index is 13.3. The number of rotatable bonds is 3. The second kappa shape index (κ2) is 5.76. The Morgan fingerprint density at radius 1 is 1.27 bits per heavy atom. The highest BCUT2D eigenvalue weighted by Crippen LogP contribution is 2.43. The van der Waals surface area contributed by atoms with Crippen LogP contribution in [-0.2, 0) is 10.3 Å². The monoisotopic (exact) mass is 352 g/mol. The van der Waals surface area contributed by atoms with Crippen molar-refractivity contribution in [2.24, 2.45) is 0 Å². The first-order valence-electron chi connectivity index (χ1n) is 9.67. The fourth-order valence-corrected chi connectivity index (χ4v) is 4.94. The summed E-state index contributed by atoms with van der Waals surface area (Å²) >= 11 is 0. The molecule has 0 bridgehead atoms. The fraction of sp³-hybridized carbons (Fsp3) is 0.500. The molecular formula is C20H24N4O2. The van der Waals surface area contributed by atoms with Gasteiger partial charge in [-0.05, 0) is 31.7 Å². The predicted octanol–water partition coefficient (Wildman–Crippen LogP) is 3.55. The molecule has 2 fully saturated rings. The lowest BCUT2D eigenvalue weighted by molar-refractivity contribution is -0.130. The van der Waals surface area contributed by atoms with E-state index in [9.17, 15) is 9.90 Å². The van der Waals surface area contributed by atoms with E-state index in [0.717, 1.165) is 54.9 Å². The van der Waals surface area contributed by atoms with E-state index in [-0.39, 0.29) is 17.8 Å². The zero-order valence-corrected chi connectivity index (χ0v) is 14.8. The van der Waals surface area contributed by atoms with Gasteiger partial charge in [0.1, 0.15) is 11.2 Å². The second-order valence-electron chi connectivity index (χ2n) is 7.84. The van der Waals surface area contributed by atoms with E-state index >= 15 is 0 Å². The van der Waals surface area contributed by atoms with Gasteiger partial charge in [0.05, 0.1) is 5.39 Å². The Hall–Kier alpha value is -2.50. The molecule has 3 aromatic rings. The van der Waals surface area contributed by atoms with Crippen LogP contribution in [0.3, 0.4) is 0 Å². The average Bonchev–Trinajstić information content (AvgIpc) is 3.39. The molecule has 0 spiro atoms. The number of hydrogen-bond acceptors (Lipinski definition) is 3. The lowest BCUT2D eigenvalue weighted by atomic mass is 9.94. The highest BCUT2D eigenvalue weighted by atomic mass is 16.3. The SMILES string of the molecule is O=C(NC1CCCC1)C1(n2cc3cc[nH]c4ncc(c2O)c34)CCCC1. The van der Waals surface area contributed by atoms with E-state index in [4.69, 9.17) is 0 Å². The molecule has 0 radical (unpaired) electrons. The summed E-state index contributed by atoms with van der Waals surface area (Å²) in [6.45, 7) is 0. The third-order valence-corrected chi connectivity index (χ3v) is 6.34. The van der Waals surface area contributed by atoms with Crippen LogP contribution in [0.2, 0.25) is 0 Å². The van der Waals surface area contributed by atoms with Gasteiger partial charge in [0.15, 0.2) is 0 Å². The van der Waals surface area contributed by atoms with E-state index in [2.05, 4.69) is 15.3 Å². The molecule has 0 aromatic carbocycles. The Labute approximate surface area is 151 Å². The number of aromatic hydroxyl groups is 1. The lowest BCUT2D eigenvalue weighted by Crippen LogP contribution is -2.49. The summed E-state index contributed by atoms with van der Waals surface area (Å²) in [7, 11) is 0. The number of nitrogens with zero attached hydrogens (tertiary/aromatic N) is 2. The van der Waals surface area contributed by atoms with Crippen LogP contribution in [0.1, 0.15) is 51.4 Å². The molecule has 0 unspecified atom stereocenters. The van der Waals surface area contributed by atoms with E-state index in [0.29, 0.717) is 5.39 Å². The van der Waals surface area contributed by atoms with Crippen molar-refractivity contribution >= 4 is 27.7 Å². The van der Waals surface area contributed by atoms with Gasteiger partial charge in [0, 0.05) is 35.4 Å². The molecule has 1 amide bonds. The molecule has 6 heteroatoms. The number of aromatic nitrogens is 3. The largest absolute Gasteiger partial charge is 0.494 e. The number of carbonyl (C=O) groups is 1. The van der Waals surface area contributed by atoms with Crippen LogP contribution in [0.15, 0.2) is 24.7 Å². The van der Waals surface area contributed by atoms with E-state index in [1.54, 1.807) is 6.20 Å². The molecule has 3 heterocycles. The van der Waals surface area contributed by atoms with Gasteiger partial charge in [-0.25, -0.2) is 4.98 Å². The highest BCUT2D eigenvalue weighted by molar-refractivity contribution is 6.09. The Balaban J connectivity index is 1.65. The van der Waals surface area contributed by atoms with Crippen LogP contribution in [0.5, 0.6) is 5.88 Å². The van der Waals surface area contributed by atoms with E-state index in [1.807, 2.05) is 23.0 Å². The van der Waals surface area contributed by atoms with Gasteiger partial charge in [-0.3, -0.25) is 4.79 Å². The molecule has 3 aromatic heterocycles. The molecule has 0 aliphatic heterocycles. The predicted molar refractivity (Wildman–Crippen MR) is 100 cm³/mol. The van der Waals surface area contributed by atoms with Crippen molar-refractivity contribution in [1.29, 1.82) is 0 Å². The Morgan fingerprint density at radius 3 is 2.81 bits per heavy atom. The molecule has 3 N–H and O–H groups in total. The van der Waals surface area contributed by atoms with Crippen molar-refractivity contribution in [2.45, 2.75) is 62.9 Å². The van der Waals surface area contributed by atoms with Gasteiger partial charge >= 0.3 is 0 Å². The molecule has 136 valence electrons. The van der Waals surface area contributed by atoms with E-state index < -0.39 is 5.54 Å². The summed E-state index contributed by atoms with van der Waals surface area (Å²) in [5.74, 6) is 0.203. The maximum atomic E-state index is 13.3. The Kier molecular flexibility index (Phi) is 3.48. The van der Waals surface area contributed by atoms with Crippen molar-refractivity contribution in [3.63, 3.8) is 0 Å². The minimum atomic E-state index is -0.701.